The van der Waals surface area contributed by atoms with Gasteiger partial charge in [0.05, 0.1) is 17.7 Å². The van der Waals surface area contributed by atoms with Gasteiger partial charge in [0.1, 0.15) is 0 Å². The van der Waals surface area contributed by atoms with Crippen LogP contribution in [0.1, 0.15) is 66.7 Å². The van der Waals surface area contributed by atoms with Gasteiger partial charge in [0.25, 0.3) is 0 Å². The van der Waals surface area contributed by atoms with Gasteiger partial charge in [0.2, 0.25) is 0 Å². The minimum Gasteiger partial charge on any atom is -0.478 e. The predicted octanol–water partition coefficient (Wildman–Crippen LogP) is 4.15. The van der Waals surface area contributed by atoms with Crippen molar-refractivity contribution in [3.05, 3.63) is 35.4 Å². The molecule has 116 valence electrons. The highest BCUT2D eigenvalue weighted by Gasteiger charge is 2.16. The molecular weight excluding hydrogens is 268 g/mol. The minimum absolute atomic E-state index is 0.0150. The van der Waals surface area contributed by atoms with Crippen molar-refractivity contribution in [2.24, 2.45) is 5.92 Å². The second kappa shape index (κ2) is 9.16. The fourth-order valence-electron chi connectivity index (χ4n) is 2.22. The summed E-state index contributed by atoms with van der Waals surface area (Å²) in [5, 5.41) is 9.03. The molecule has 0 heterocycles. The Labute approximate surface area is 126 Å². The molecule has 0 aromatic heterocycles. The first kappa shape index (κ1) is 17.2. The zero-order valence-corrected chi connectivity index (χ0v) is 12.8. The van der Waals surface area contributed by atoms with E-state index in [1.807, 2.05) is 0 Å². The highest BCUT2D eigenvalue weighted by atomic mass is 16.5. The van der Waals surface area contributed by atoms with Crippen molar-refractivity contribution in [3.63, 3.8) is 0 Å². The van der Waals surface area contributed by atoms with Gasteiger partial charge >= 0.3 is 11.9 Å². The lowest BCUT2D eigenvalue weighted by atomic mass is 9.99. The first-order valence-corrected chi connectivity index (χ1v) is 7.55. The average molecular weight is 292 g/mol. The number of rotatable bonds is 9. The molecule has 1 unspecified atom stereocenters. The fraction of sp³-hybridized carbons (Fsp3) is 0.529. The SMILES string of the molecule is CCCCC(C)CCCOC(=O)c1ccccc1C(=O)O. The lowest BCUT2D eigenvalue weighted by Gasteiger charge is -2.11. The van der Waals surface area contributed by atoms with Gasteiger partial charge in [0.15, 0.2) is 0 Å². The summed E-state index contributed by atoms with van der Waals surface area (Å²) in [5.74, 6) is -1.04. The summed E-state index contributed by atoms with van der Waals surface area (Å²) >= 11 is 0. The van der Waals surface area contributed by atoms with Crippen LogP contribution in [-0.4, -0.2) is 23.7 Å². The summed E-state index contributed by atoms with van der Waals surface area (Å²) < 4.78 is 5.17. The number of carboxylic acid groups (broad SMARTS) is 1. The quantitative estimate of drug-likeness (QED) is 0.548. The topological polar surface area (TPSA) is 63.6 Å². The summed E-state index contributed by atoms with van der Waals surface area (Å²) in [6.45, 7) is 4.72. The summed E-state index contributed by atoms with van der Waals surface area (Å²) in [6, 6.07) is 6.12. The molecule has 0 fully saturated rings. The second-order valence-electron chi connectivity index (χ2n) is 5.38. The van der Waals surface area contributed by atoms with Crippen LogP contribution in [0.4, 0.5) is 0 Å². The molecule has 0 saturated carbocycles. The van der Waals surface area contributed by atoms with Gasteiger partial charge in [-0.25, -0.2) is 9.59 Å². The van der Waals surface area contributed by atoms with Crippen LogP contribution in [0.5, 0.6) is 0 Å². The van der Waals surface area contributed by atoms with E-state index in [-0.39, 0.29) is 11.1 Å². The summed E-state index contributed by atoms with van der Waals surface area (Å²) in [5.41, 5.74) is 0.0999. The Morgan fingerprint density at radius 1 is 1.14 bits per heavy atom. The number of aromatic carboxylic acids is 1. The maximum atomic E-state index is 11.9. The molecule has 0 bridgehead atoms. The van der Waals surface area contributed by atoms with Crippen molar-refractivity contribution in [2.45, 2.75) is 46.0 Å². The lowest BCUT2D eigenvalue weighted by Crippen LogP contribution is -2.12. The Morgan fingerprint density at radius 3 is 2.38 bits per heavy atom. The van der Waals surface area contributed by atoms with Gasteiger partial charge in [0, 0.05) is 0 Å². The Morgan fingerprint density at radius 2 is 1.76 bits per heavy atom. The molecule has 4 heteroatoms. The van der Waals surface area contributed by atoms with Crippen LogP contribution < -0.4 is 0 Å². The standard InChI is InChI=1S/C17H24O4/c1-3-4-8-13(2)9-7-12-21-17(20)15-11-6-5-10-14(15)16(18)19/h5-6,10-11,13H,3-4,7-9,12H2,1-2H3,(H,18,19). The van der Waals surface area contributed by atoms with Gasteiger partial charge in [-0.05, 0) is 30.9 Å². The first-order valence-electron chi connectivity index (χ1n) is 7.55. The molecule has 4 nitrogen and oxygen atoms in total. The van der Waals surface area contributed by atoms with E-state index in [2.05, 4.69) is 13.8 Å². The monoisotopic (exact) mass is 292 g/mol. The smallest absolute Gasteiger partial charge is 0.339 e. The van der Waals surface area contributed by atoms with Gasteiger partial charge in [-0.3, -0.25) is 0 Å². The number of hydrogen-bond donors (Lipinski definition) is 1. The number of carbonyl (C=O) groups is 2. The van der Waals surface area contributed by atoms with Crippen molar-refractivity contribution in [3.8, 4) is 0 Å². The van der Waals surface area contributed by atoms with E-state index in [0.29, 0.717) is 12.5 Å². The van der Waals surface area contributed by atoms with E-state index in [9.17, 15) is 9.59 Å². The second-order valence-corrected chi connectivity index (χ2v) is 5.38. The fourth-order valence-corrected chi connectivity index (χ4v) is 2.22. The normalized spacial score (nSPS) is 11.9. The third-order valence-electron chi connectivity index (χ3n) is 3.50. The van der Waals surface area contributed by atoms with E-state index >= 15 is 0 Å². The summed E-state index contributed by atoms with van der Waals surface area (Å²) in [6.07, 6.45) is 5.46. The zero-order valence-electron chi connectivity index (χ0n) is 12.8. The third-order valence-corrected chi connectivity index (χ3v) is 3.50. The van der Waals surface area contributed by atoms with Crippen molar-refractivity contribution in [1.82, 2.24) is 0 Å². The van der Waals surface area contributed by atoms with Crippen molar-refractivity contribution in [1.29, 1.82) is 0 Å². The Kier molecular flexibility index (Phi) is 7.51. The molecule has 0 radical (unpaired) electrons. The van der Waals surface area contributed by atoms with Crippen LogP contribution in [-0.2, 0) is 4.74 Å². The molecule has 1 aromatic rings. The van der Waals surface area contributed by atoms with Gasteiger partial charge in [-0.1, -0.05) is 45.2 Å². The van der Waals surface area contributed by atoms with Crippen molar-refractivity contribution in [2.75, 3.05) is 6.61 Å². The van der Waals surface area contributed by atoms with E-state index in [1.165, 1.54) is 31.4 Å². The van der Waals surface area contributed by atoms with Crippen LogP contribution in [0.2, 0.25) is 0 Å². The number of carboxylic acids is 1. The van der Waals surface area contributed by atoms with Crippen molar-refractivity contribution < 1.29 is 19.4 Å². The number of ether oxygens (including phenoxy) is 1. The van der Waals surface area contributed by atoms with Gasteiger partial charge in [-0.15, -0.1) is 0 Å². The molecule has 1 N–H and O–H groups in total. The molecule has 0 aliphatic heterocycles. The number of carbonyl (C=O) groups excluding carboxylic acids is 1. The number of unbranched alkanes of at least 4 members (excludes halogenated alkanes) is 1. The van der Waals surface area contributed by atoms with E-state index in [0.717, 1.165) is 12.8 Å². The van der Waals surface area contributed by atoms with Crippen LogP contribution in [0.15, 0.2) is 24.3 Å². The number of benzene rings is 1. The molecule has 1 aromatic carbocycles. The largest absolute Gasteiger partial charge is 0.478 e. The average Bonchev–Trinajstić information content (AvgIpc) is 2.49. The van der Waals surface area contributed by atoms with Crippen LogP contribution in [0, 0.1) is 5.92 Å². The highest BCUT2D eigenvalue weighted by Crippen LogP contribution is 2.15. The molecule has 0 amide bonds. The van der Waals surface area contributed by atoms with Crippen LogP contribution in [0.3, 0.4) is 0 Å². The lowest BCUT2D eigenvalue weighted by molar-refractivity contribution is 0.0483. The maximum absolute atomic E-state index is 11.9. The molecular formula is C17H24O4. The van der Waals surface area contributed by atoms with E-state index in [1.54, 1.807) is 12.1 Å². The molecule has 0 aliphatic carbocycles. The first-order chi connectivity index (χ1) is 10.1. The summed E-state index contributed by atoms with van der Waals surface area (Å²) in [7, 11) is 0. The van der Waals surface area contributed by atoms with E-state index < -0.39 is 11.9 Å². The maximum Gasteiger partial charge on any atom is 0.339 e. The Bertz CT molecular complexity index is 468. The predicted molar refractivity (Wildman–Crippen MR) is 81.6 cm³/mol. The Balaban J connectivity index is 2.39. The molecule has 0 spiro atoms. The Hall–Kier alpha value is -1.84. The van der Waals surface area contributed by atoms with Crippen LogP contribution in [0.25, 0.3) is 0 Å². The number of esters is 1. The summed E-state index contributed by atoms with van der Waals surface area (Å²) in [4.78, 5) is 22.9. The molecule has 1 atom stereocenters. The third kappa shape index (κ3) is 5.98. The molecule has 1 rings (SSSR count). The minimum atomic E-state index is -1.12. The van der Waals surface area contributed by atoms with Gasteiger partial charge < -0.3 is 9.84 Å². The van der Waals surface area contributed by atoms with Crippen molar-refractivity contribution >= 4 is 11.9 Å². The molecule has 0 saturated heterocycles. The van der Waals surface area contributed by atoms with Crippen LogP contribution >= 0.6 is 0 Å². The van der Waals surface area contributed by atoms with E-state index in [4.69, 9.17) is 9.84 Å². The number of hydrogen-bond acceptors (Lipinski definition) is 3. The highest BCUT2D eigenvalue weighted by molar-refractivity contribution is 6.02. The van der Waals surface area contributed by atoms with Gasteiger partial charge in [-0.2, -0.15) is 0 Å². The molecule has 21 heavy (non-hydrogen) atoms. The zero-order chi connectivity index (χ0) is 15.7. The molecule has 0 aliphatic rings.